The third-order valence-electron chi connectivity index (χ3n) is 4.54. The molecule has 120 valence electrons. The molecule has 0 spiro atoms. The Hall–Kier alpha value is -1.54. The van der Waals surface area contributed by atoms with Gasteiger partial charge in [0.25, 0.3) is 0 Å². The van der Waals surface area contributed by atoms with Crippen molar-refractivity contribution in [2.75, 3.05) is 0 Å². The van der Waals surface area contributed by atoms with Crippen molar-refractivity contribution in [1.82, 2.24) is 4.57 Å². The minimum absolute atomic E-state index is 0.542. The highest BCUT2D eigenvalue weighted by atomic mass is 79.9. The molecular weight excluding hydrogens is 346 g/mol. The van der Waals surface area contributed by atoms with E-state index in [0.29, 0.717) is 6.04 Å². The fourth-order valence-corrected chi connectivity index (χ4v) is 3.59. The highest BCUT2D eigenvalue weighted by molar-refractivity contribution is 9.10. The van der Waals surface area contributed by atoms with E-state index < -0.39 is 0 Å². The first-order valence-electron chi connectivity index (χ1n) is 8.52. The lowest BCUT2D eigenvalue weighted by atomic mass is 10.1. The minimum Gasteiger partial charge on any atom is -0.341 e. The maximum atomic E-state index is 3.52. The molecule has 0 N–H and O–H groups in total. The maximum Gasteiger partial charge on any atom is 0.0485 e. The van der Waals surface area contributed by atoms with Gasteiger partial charge in [0.1, 0.15) is 0 Å². The second kappa shape index (κ2) is 7.35. The van der Waals surface area contributed by atoms with E-state index in [9.17, 15) is 0 Å². The van der Waals surface area contributed by atoms with Crippen LogP contribution in [0, 0.1) is 0 Å². The lowest BCUT2D eigenvalue weighted by Gasteiger charge is -2.19. The second-order valence-electron chi connectivity index (χ2n) is 6.36. The van der Waals surface area contributed by atoms with Crippen LogP contribution in [0.2, 0.25) is 0 Å². The number of para-hydroxylation sites is 1. The topological polar surface area (TPSA) is 4.93 Å². The largest absolute Gasteiger partial charge is 0.341 e. The Balaban J connectivity index is 1.99. The molecule has 0 bridgehead atoms. The fourth-order valence-electron chi connectivity index (χ4n) is 3.33. The molecule has 0 amide bonds. The number of rotatable bonds is 6. The van der Waals surface area contributed by atoms with E-state index in [2.05, 4.69) is 88.9 Å². The molecule has 0 saturated carbocycles. The SMILES string of the molecule is CCCCC(C)n1c(Cc2ccc(Br)cc2)cc2ccccc21. The van der Waals surface area contributed by atoms with E-state index >= 15 is 0 Å². The summed E-state index contributed by atoms with van der Waals surface area (Å²) in [6.45, 7) is 4.62. The Morgan fingerprint density at radius 2 is 1.78 bits per heavy atom. The number of aromatic nitrogens is 1. The third-order valence-corrected chi connectivity index (χ3v) is 5.07. The molecule has 0 aliphatic rings. The molecule has 0 saturated heterocycles. The highest BCUT2D eigenvalue weighted by Gasteiger charge is 2.14. The van der Waals surface area contributed by atoms with Crippen molar-refractivity contribution in [3.63, 3.8) is 0 Å². The molecule has 0 radical (unpaired) electrons. The predicted molar refractivity (Wildman–Crippen MR) is 103 cm³/mol. The summed E-state index contributed by atoms with van der Waals surface area (Å²) in [6.07, 6.45) is 4.76. The molecule has 2 aromatic carbocycles. The fraction of sp³-hybridized carbons (Fsp3) is 0.333. The summed E-state index contributed by atoms with van der Waals surface area (Å²) in [5, 5.41) is 1.35. The van der Waals surface area contributed by atoms with Crippen molar-refractivity contribution in [2.45, 2.75) is 45.6 Å². The van der Waals surface area contributed by atoms with Gasteiger partial charge in [0.15, 0.2) is 0 Å². The van der Waals surface area contributed by atoms with Gasteiger partial charge in [0.2, 0.25) is 0 Å². The molecular formula is C21H24BrN. The van der Waals surface area contributed by atoms with Crippen molar-refractivity contribution in [3.8, 4) is 0 Å². The average Bonchev–Trinajstić information content (AvgIpc) is 2.92. The lowest BCUT2D eigenvalue weighted by Crippen LogP contribution is -2.09. The van der Waals surface area contributed by atoms with Gasteiger partial charge < -0.3 is 4.57 Å². The zero-order chi connectivity index (χ0) is 16.2. The predicted octanol–water partition coefficient (Wildman–Crippen LogP) is 6.75. The first kappa shape index (κ1) is 16.3. The number of hydrogen-bond acceptors (Lipinski definition) is 0. The summed E-state index contributed by atoms with van der Waals surface area (Å²) in [6, 6.07) is 20.3. The van der Waals surface area contributed by atoms with E-state index in [-0.39, 0.29) is 0 Å². The van der Waals surface area contributed by atoms with Crippen molar-refractivity contribution in [3.05, 3.63) is 70.3 Å². The van der Waals surface area contributed by atoms with E-state index in [1.54, 1.807) is 0 Å². The molecule has 0 fully saturated rings. The lowest BCUT2D eigenvalue weighted by molar-refractivity contribution is 0.487. The van der Waals surface area contributed by atoms with Crippen LogP contribution in [-0.2, 0) is 6.42 Å². The number of benzene rings is 2. The van der Waals surface area contributed by atoms with Crippen LogP contribution in [0.4, 0.5) is 0 Å². The summed E-state index contributed by atoms with van der Waals surface area (Å²) in [4.78, 5) is 0. The van der Waals surface area contributed by atoms with Crippen molar-refractivity contribution in [2.24, 2.45) is 0 Å². The van der Waals surface area contributed by atoms with Crippen LogP contribution >= 0.6 is 15.9 Å². The second-order valence-corrected chi connectivity index (χ2v) is 7.27. The van der Waals surface area contributed by atoms with Gasteiger partial charge in [-0.05, 0) is 48.6 Å². The summed E-state index contributed by atoms with van der Waals surface area (Å²) < 4.78 is 3.69. The number of hydrogen-bond donors (Lipinski definition) is 0. The molecule has 0 aliphatic heterocycles. The number of fused-ring (bicyclic) bond motifs is 1. The van der Waals surface area contributed by atoms with Gasteiger partial charge in [0, 0.05) is 28.1 Å². The summed E-state index contributed by atoms with van der Waals surface area (Å²) in [7, 11) is 0. The quantitative estimate of drug-likeness (QED) is 0.452. The Morgan fingerprint density at radius 1 is 1.04 bits per heavy atom. The first-order chi connectivity index (χ1) is 11.2. The minimum atomic E-state index is 0.542. The van der Waals surface area contributed by atoms with Gasteiger partial charge in [-0.15, -0.1) is 0 Å². The van der Waals surface area contributed by atoms with Crippen LogP contribution in [0.3, 0.4) is 0 Å². The monoisotopic (exact) mass is 369 g/mol. The molecule has 23 heavy (non-hydrogen) atoms. The number of nitrogens with zero attached hydrogens (tertiary/aromatic N) is 1. The zero-order valence-electron chi connectivity index (χ0n) is 13.9. The van der Waals surface area contributed by atoms with E-state index in [1.807, 2.05) is 0 Å². The standard InChI is InChI=1S/C21H24BrN/c1-3-4-7-16(2)23-20(14-17-10-12-19(22)13-11-17)15-18-8-5-6-9-21(18)23/h5-6,8-13,15-16H,3-4,7,14H2,1-2H3. The van der Waals surface area contributed by atoms with Crippen molar-refractivity contribution < 1.29 is 0 Å². The van der Waals surface area contributed by atoms with Crippen LogP contribution in [0.5, 0.6) is 0 Å². The molecule has 2 heteroatoms. The van der Waals surface area contributed by atoms with Gasteiger partial charge >= 0.3 is 0 Å². The molecule has 1 atom stereocenters. The molecule has 1 heterocycles. The molecule has 0 aliphatic carbocycles. The Morgan fingerprint density at radius 3 is 2.52 bits per heavy atom. The summed E-state index contributed by atoms with van der Waals surface area (Å²) >= 11 is 3.52. The highest BCUT2D eigenvalue weighted by Crippen LogP contribution is 2.28. The Kier molecular flexibility index (Phi) is 5.22. The molecule has 1 aromatic heterocycles. The van der Waals surface area contributed by atoms with Crippen LogP contribution in [0.15, 0.2) is 59.1 Å². The molecule has 1 unspecified atom stereocenters. The molecule has 3 rings (SSSR count). The van der Waals surface area contributed by atoms with Crippen LogP contribution in [0.1, 0.15) is 50.4 Å². The van der Waals surface area contributed by atoms with Crippen LogP contribution in [0.25, 0.3) is 10.9 Å². The zero-order valence-corrected chi connectivity index (χ0v) is 15.5. The molecule has 3 aromatic rings. The third kappa shape index (κ3) is 3.69. The Bertz CT molecular complexity index is 770. The van der Waals surface area contributed by atoms with Gasteiger partial charge in [0.05, 0.1) is 0 Å². The van der Waals surface area contributed by atoms with E-state index in [4.69, 9.17) is 0 Å². The van der Waals surface area contributed by atoms with Gasteiger partial charge in [-0.1, -0.05) is 66.0 Å². The summed E-state index contributed by atoms with van der Waals surface area (Å²) in [5.74, 6) is 0. The summed E-state index contributed by atoms with van der Waals surface area (Å²) in [5.41, 5.74) is 4.14. The van der Waals surface area contributed by atoms with Gasteiger partial charge in [-0.2, -0.15) is 0 Å². The van der Waals surface area contributed by atoms with Crippen molar-refractivity contribution >= 4 is 26.8 Å². The molecule has 1 nitrogen and oxygen atoms in total. The van der Waals surface area contributed by atoms with Crippen molar-refractivity contribution in [1.29, 1.82) is 0 Å². The maximum absolute atomic E-state index is 3.52. The van der Waals surface area contributed by atoms with Crippen LogP contribution in [-0.4, -0.2) is 4.57 Å². The normalized spacial score (nSPS) is 12.7. The smallest absolute Gasteiger partial charge is 0.0485 e. The van der Waals surface area contributed by atoms with E-state index in [0.717, 1.165) is 10.9 Å². The first-order valence-corrected chi connectivity index (χ1v) is 9.31. The average molecular weight is 370 g/mol. The Labute approximate surface area is 147 Å². The van der Waals surface area contributed by atoms with Gasteiger partial charge in [-0.3, -0.25) is 0 Å². The number of halogens is 1. The van der Waals surface area contributed by atoms with E-state index in [1.165, 1.54) is 41.4 Å². The number of unbranched alkanes of at least 4 members (excludes halogenated alkanes) is 1. The van der Waals surface area contributed by atoms with Crippen LogP contribution < -0.4 is 0 Å². The van der Waals surface area contributed by atoms with Gasteiger partial charge in [-0.25, -0.2) is 0 Å².